The van der Waals surface area contributed by atoms with Gasteiger partial charge in [-0.25, -0.2) is 9.78 Å². The maximum absolute atomic E-state index is 12.4. The number of nitrogens with zero attached hydrogens (tertiary/aromatic N) is 4. The summed E-state index contributed by atoms with van der Waals surface area (Å²) in [4.78, 5) is 32.8. The number of nitriles is 1. The number of nitrogens with two attached hydrogens (primary N) is 1. The van der Waals surface area contributed by atoms with E-state index in [1.807, 2.05) is 65.0 Å². The first-order valence-electron chi connectivity index (χ1n) is 11.7. The first-order chi connectivity index (χ1) is 16.5. The number of carbonyl (C=O) groups is 2. The molecule has 0 bridgehead atoms. The first-order valence-corrected chi connectivity index (χ1v) is 12.6. The van der Waals surface area contributed by atoms with E-state index in [0.29, 0.717) is 36.6 Å². The highest BCUT2D eigenvalue weighted by Crippen LogP contribution is 2.40. The lowest BCUT2D eigenvalue weighted by Crippen LogP contribution is -2.59. The highest BCUT2D eigenvalue weighted by molar-refractivity contribution is 8.00. The SMILES string of the molecule is CCc1c(C)c(N2CCN(C(=O)O)C(C(C)(C)C)C2)nc(SC(C(N)=O)c2ccccc2)c1C#N. The largest absolute Gasteiger partial charge is 0.465 e. The molecule has 1 aliphatic heterocycles. The van der Waals surface area contributed by atoms with E-state index in [2.05, 4.69) is 11.0 Å². The molecule has 0 radical (unpaired) electrons. The maximum atomic E-state index is 12.4. The smallest absolute Gasteiger partial charge is 0.407 e. The first kappa shape index (κ1) is 26.4. The number of aromatic nitrogens is 1. The molecule has 0 spiro atoms. The van der Waals surface area contributed by atoms with Crippen molar-refractivity contribution in [2.24, 2.45) is 11.1 Å². The lowest BCUT2D eigenvalue weighted by molar-refractivity contribution is -0.117. The Hall–Kier alpha value is -3.25. The molecule has 1 fully saturated rings. The molecule has 2 amide bonds. The Kier molecular flexibility index (Phi) is 7.96. The summed E-state index contributed by atoms with van der Waals surface area (Å²) < 4.78 is 0. The molecule has 3 N–H and O–H groups in total. The summed E-state index contributed by atoms with van der Waals surface area (Å²) in [6, 6.07) is 11.3. The Balaban J connectivity index is 2.08. The molecule has 1 aromatic heterocycles. The second-order valence-electron chi connectivity index (χ2n) is 9.80. The number of pyridine rings is 1. The van der Waals surface area contributed by atoms with Crippen molar-refractivity contribution in [3.63, 3.8) is 0 Å². The van der Waals surface area contributed by atoms with Gasteiger partial charge in [0.05, 0.1) is 11.6 Å². The topological polar surface area (TPSA) is 124 Å². The van der Waals surface area contributed by atoms with Crippen LogP contribution in [0.4, 0.5) is 10.6 Å². The average Bonchev–Trinajstić information content (AvgIpc) is 2.82. The van der Waals surface area contributed by atoms with E-state index in [-0.39, 0.29) is 11.5 Å². The van der Waals surface area contributed by atoms with Crippen molar-refractivity contribution < 1.29 is 14.7 Å². The summed E-state index contributed by atoms with van der Waals surface area (Å²) in [5.74, 6) is 0.217. The Morgan fingerprint density at radius 3 is 2.46 bits per heavy atom. The standard InChI is InChI=1S/C26H33N5O3S/c1-6-18-16(2)23(30-12-13-31(25(33)34)20(15-30)26(3,4)5)29-24(19(18)14-27)35-21(22(28)32)17-10-8-7-9-11-17/h7-11,20-21H,6,12-13,15H2,1-5H3,(H2,28,32)(H,33,34). The van der Waals surface area contributed by atoms with Crippen molar-refractivity contribution >= 4 is 29.6 Å². The van der Waals surface area contributed by atoms with E-state index in [0.717, 1.165) is 22.5 Å². The van der Waals surface area contributed by atoms with Gasteiger partial charge in [0, 0.05) is 19.6 Å². The second kappa shape index (κ2) is 10.6. The third-order valence-corrected chi connectivity index (χ3v) is 7.75. The van der Waals surface area contributed by atoms with Crippen molar-refractivity contribution in [2.75, 3.05) is 24.5 Å². The van der Waals surface area contributed by atoms with Gasteiger partial charge in [-0.05, 0) is 35.4 Å². The molecule has 186 valence electrons. The molecular weight excluding hydrogens is 462 g/mol. The molecule has 2 unspecified atom stereocenters. The minimum Gasteiger partial charge on any atom is -0.465 e. The van der Waals surface area contributed by atoms with Crippen molar-refractivity contribution in [3.8, 4) is 6.07 Å². The zero-order valence-corrected chi connectivity index (χ0v) is 21.7. The van der Waals surface area contributed by atoms with Crippen LogP contribution < -0.4 is 10.6 Å². The van der Waals surface area contributed by atoms with E-state index < -0.39 is 17.3 Å². The lowest BCUT2D eigenvalue weighted by atomic mass is 9.84. The minimum atomic E-state index is -0.924. The summed E-state index contributed by atoms with van der Waals surface area (Å²) in [7, 11) is 0. The average molecular weight is 496 g/mol. The van der Waals surface area contributed by atoms with Crippen LogP contribution in [0.5, 0.6) is 0 Å². The van der Waals surface area contributed by atoms with Crippen molar-refractivity contribution in [1.29, 1.82) is 5.26 Å². The Labute approximate surface area is 211 Å². The highest BCUT2D eigenvalue weighted by Gasteiger charge is 2.39. The van der Waals surface area contributed by atoms with Gasteiger partial charge in [0.1, 0.15) is 22.2 Å². The molecule has 8 nitrogen and oxygen atoms in total. The van der Waals surface area contributed by atoms with Gasteiger partial charge in [0.25, 0.3) is 0 Å². The summed E-state index contributed by atoms with van der Waals surface area (Å²) >= 11 is 1.19. The van der Waals surface area contributed by atoms with Crippen LogP contribution in [0.25, 0.3) is 0 Å². The fraction of sp³-hybridized carbons (Fsp3) is 0.462. The summed E-state index contributed by atoms with van der Waals surface area (Å²) in [5, 5.41) is 19.5. The van der Waals surface area contributed by atoms with Crippen LogP contribution in [0.2, 0.25) is 0 Å². The second-order valence-corrected chi connectivity index (χ2v) is 10.9. The van der Waals surface area contributed by atoms with Crippen LogP contribution in [0, 0.1) is 23.7 Å². The predicted octanol–water partition coefficient (Wildman–Crippen LogP) is 4.36. The van der Waals surface area contributed by atoms with Crippen molar-refractivity contribution in [3.05, 3.63) is 52.6 Å². The van der Waals surface area contributed by atoms with Crippen LogP contribution in [-0.2, 0) is 11.2 Å². The number of thioether (sulfide) groups is 1. The number of carbonyl (C=O) groups excluding carboxylic acids is 1. The third-order valence-electron chi connectivity index (χ3n) is 6.49. The number of anilines is 1. The van der Waals surface area contributed by atoms with E-state index in [9.17, 15) is 20.0 Å². The van der Waals surface area contributed by atoms with Gasteiger partial charge in [0.2, 0.25) is 5.91 Å². The van der Waals surface area contributed by atoms with Gasteiger partial charge in [-0.2, -0.15) is 5.26 Å². The molecule has 3 rings (SSSR count). The van der Waals surface area contributed by atoms with Gasteiger partial charge in [-0.1, -0.05) is 69.8 Å². The van der Waals surface area contributed by atoms with Crippen LogP contribution >= 0.6 is 11.8 Å². The molecule has 1 aromatic carbocycles. The zero-order valence-electron chi connectivity index (χ0n) is 20.9. The van der Waals surface area contributed by atoms with Crippen LogP contribution in [0.1, 0.15) is 55.2 Å². The van der Waals surface area contributed by atoms with Gasteiger partial charge < -0.3 is 20.6 Å². The Morgan fingerprint density at radius 2 is 1.94 bits per heavy atom. The number of carboxylic acid groups (broad SMARTS) is 1. The molecule has 9 heteroatoms. The minimum absolute atomic E-state index is 0.227. The van der Waals surface area contributed by atoms with Crippen molar-refractivity contribution in [2.45, 2.75) is 57.4 Å². The van der Waals surface area contributed by atoms with E-state index in [1.165, 1.54) is 16.7 Å². The molecule has 2 heterocycles. The summed E-state index contributed by atoms with van der Waals surface area (Å²) in [6.07, 6.45) is -0.297. The monoisotopic (exact) mass is 495 g/mol. The molecule has 1 saturated heterocycles. The van der Waals surface area contributed by atoms with Gasteiger partial charge >= 0.3 is 6.09 Å². The number of piperazine rings is 1. The van der Waals surface area contributed by atoms with Gasteiger partial charge in [0.15, 0.2) is 0 Å². The quantitative estimate of drug-likeness (QED) is 0.571. The fourth-order valence-corrected chi connectivity index (χ4v) is 5.67. The molecule has 1 aliphatic rings. The Bertz CT molecular complexity index is 1140. The molecular formula is C26H33N5O3S. The van der Waals surface area contributed by atoms with Crippen LogP contribution in [-0.4, -0.2) is 52.7 Å². The zero-order chi connectivity index (χ0) is 25.9. The number of benzene rings is 1. The fourth-order valence-electron chi connectivity index (χ4n) is 4.61. The highest BCUT2D eigenvalue weighted by atomic mass is 32.2. The summed E-state index contributed by atoms with van der Waals surface area (Å²) in [5.41, 5.74) is 8.47. The Morgan fingerprint density at radius 1 is 1.29 bits per heavy atom. The van der Waals surface area contributed by atoms with Crippen molar-refractivity contribution in [1.82, 2.24) is 9.88 Å². The molecule has 2 atom stereocenters. The van der Waals surface area contributed by atoms with E-state index >= 15 is 0 Å². The van der Waals surface area contributed by atoms with Crippen LogP contribution in [0.15, 0.2) is 35.4 Å². The number of hydrogen-bond donors (Lipinski definition) is 2. The van der Waals surface area contributed by atoms with Gasteiger partial charge in [-0.15, -0.1) is 0 Å². The summed E-state index contributed by atoms with van der Waals surface area (Å²) in [6.45, 7) is 11.4. The number of primary amides is 1. The molecule has 0 aliphatic carbocycles. The lowest BCUT2D eigenvalue weighted by Gasteiger charge is -2.46. The van der Waals surface area contributed by atoms with E-state index in [1.54, 1.807) is 0 Å². The predicted molar refractivity (Wildman–Crippen MR) is 137 cm³/mol. The maximum Gasteiger partial charge on any atom is 0.407 e. The normalized spacial score (nSPS) is 17.1. The molecule has 35 heavy (non-hydrogen) atoms. The van der Waals surface area contributed by atoms with Gasteiger partial charge in [-0.3, -0.25) is 4.79 Å². The molecule has 0 saturated carbocycles. The number of hydrogen-bond acceptors (Lipinski definition) is 6. The van der Waals surface area contributed by atoms with E-state index in [4.69, 9.17) is 10.7 Å². The third kappa shape index (κ3) is 5.54. The number of amides is 2. The molecule has 2 aromatic rings. The number of rotatable bonds is 6. The van der Waals surface area contributed by atoms with Crippen LogP contribution in [0.3, 0.4) is 0 Å².